The Hall–Kier alpha value is -4.03. The normalized spacial score (nSPS) is 13.2. The van der Waals surface area contributed by atoms with Gasteiger partial charge in [0.2, 0.25) is 5.01 Å². The smallest absolute Gasteiger partial charge is 0.369 e. The van der Waals surface area contributed by atoms with E-state index in [0.29, 0.717) is 10.8 Å². The summed E-state index contributed by atoms with van der Waals surface area (Å²) in [7, 11) is 0. The number of hydrogen-bond acceptors (Lipinski definition) is 12. The number of benzene rings is 2. The molecule has 1 aliphatic rings. The van der Waals surface area contributed by atoms with E-state index in [1.165, 1.54) is 17.8 Å². The molecule has 0 unspecified atom stereocenters. The molecule has 12 heteroatoms. The highest BCUT2D eigenvalue weighted by Crippen LogP contribution is 2.34. The van der Waals surface area contributed by atoms with Gasteiger partial charge < -0.3 is 25.8 Å². The average Bonchev–Trinajstić information content (AvgIpc) is 3.70. The molecule has 3 N–H and O–H groups in total. The van der Waals surface area contributed by atoms with E-state index in [1.807, 2.05) is 25.1 Å². The maximum atomic E-state index is 11.7. The fourth-order valence-electron chi connectivity index (χ4n) is 4.14. The predicted molar refractivity (Wildman–Crippen MR) is 159 cm³/mol. The van der Waals surface area contributed by atoms with Crippen LogP contribution >= 0.6 is 22.7 Å². The van der Waals surface area contributed by atoms with Gasteiger partial charge >= 0.3 is 5.97 Å². The number of esters is 1. The summed E-state index contributed by atoms with van der Waals surface area (Å²) in [6, 6.07) is 16.4. The number of aromatic nitrogens is 2. The Morgan fingerprint density at radius 1 is 0.949 bits per heavy atom. The van der Waals surface area contributed by atoms with Crippen molar-refractivity contribution in [2.45, 2.75) is 33.6 Å². The number of hydrogen-bond donors (Lipinski definition) is 3. The third kappa shape index (κ3) is 6.70. The molecule has 4 aromatic rings. The lowest BCUT2D eigenvalue weighted by atomic mass is 10.2. The number of carbonyl (C=O) groups excluding carboxylic acids is 1. The van der Waals surface area contributed by atoms with Crippen LogP contribution in [0.15, 0.2) is 58.8 Å². The summed E-state index contributed by atoms with van der Waals surface area (Å²) in [6.45, 7) is 8.36. The molecule has 1 fully saturated rings. The van der Waals surface area contributed by atoms with Crippen LogP contribution < -0.4 is 21.1 Å². The lowest BCUT2D eigenvalue weighted by molar-refractivity contribution is 0.0525. The van der Waals surface area contributed by atoms with Crippen molar-refractivity contribution in [3.05, 3.63) is 64.7 Å². The third-order valence-electron chi connectivity index (χ3n) is 6.15. The van der Waals surface area contributed by atoms with Crippen molar-refractivity contribution in [2.75, 3.05) is 40.8 Å². The Bertz CT molecular complexity index is 1480. The van der Waals surface area contributed by atoms with Crippen molar-refractivity contribution < 1.29 is 9.53 Å². The molecule has 0 saturated carbocycles. The van der Waals surface area contributed by atoms with E-state index < -0.39 is 5.97 Å². The third-order valence-corrected chi connectivity index (χ3v) is 8.00. The number of azo groups is 1. The number of hydrazine groups is 1. The van der Waals surface area contributed by atoms with Crippen LogP contribution in [-0.4, -0.2) is 35.9 Å². The number of nitrogens with zero attached hydrogens (tertiary/aromatic N) is 5. The minimum atomic E-state index is -0.509. The molecule has 0 aliphatic carbocycles. The molecule has 0 spiro atoms. The van der Waals surface area contributed by atoms with Gasteiger partial charge in [-0.15, -0.1) is 31.8 Å². The van der Waals surface area contributed by atoms with Gasteiger partial charge in [0.15, 0.2) is 0 Å². The van der Waals surface area contributed by atoms with Crippen molar-refractivity contribution in [1.82, 2.24) is 10.2 Å². The summed E-state index contributed by atoms with van der Waals surface area (Å²) in [6.07, 6.45) is 2.56. The van der Waals surface area contributed by atoms with Crippen LogP contribution in [0.4, 0.5) is 37.9 Å². The first-order valence-corrected chi connectivity index (χ1v) is 14.4. The molecule has 202 valence electrons. The van der Waals surface area contributed by atoms with Gasteiger partial charge in [-0.2, -0.15) is 0 Å². The highest BCUT2D eigenvalue weighted by atomic mass is 32.1. The molecule has 10 nitrogen and oxygen atoms in total. The molecular weight excluding hydrogens is 532 g/mol. The second-order valence-corrected chi connectivity index (χ2v) is 11.1. The van der Waals surface area contributed by atoms with Crippen LogP contribution in [0, 0.1) is 13.8 Å². The minimum absolute atomic E-state index is 0.158. The predicted octanol–water partition coefficient (Wildman–Crippen LogP) is 7.59. The molecule has 39 heavy (non-hydrogen) atoms. The Labute approximate surface area is 235 Å². The Balaban J connectivity index is 1.16. The molecular formula is C27H30N8O2S2. The van der Waals surface area contributed by atoms with Gasteiger partial charge in [-0.1, -0.05) is 11.3 Å². The van der Waals surface area contributed by atoms with Gasteiger partial charge in [0, 0.05) is 18.8 Å². The van der Waals surface area contributed by atoms with Gasteiger partial charge in [-0.05, 0) is 93.3 Å². The summed E-state index contributed by atoms with van der Waals surface area (Å²) in [5, 5.41) is 22.5. The zero-order valence-electron chi connectivity index (χ0n) is 22.0. The molecule has 0 bridgehead atoms. The van der Waals surface area contributed by atoms with Crippen LogP contribution in [0.3, 0.4) is 0 Å². The van der Waals surface area contributed by atoms with E-state index in [1.54, 1.807) is 18.3 Å². The van der Waals surface area contributed by atoms with E-state index in [-0.39, 0.29) is 11.6 Å². The number of ether oxygens (including phenoxy) is 1. The highest BCUT2D eigenvalue weighted by Gasteiger charge is 2.15. The summed E-state index contributed by atoms with van der Waals surface area (Å²) >= 11 is 2.84. The van der Waals surface area contributed by atoms with Crippen LogP contribution in [0.25, 0.3) is 0 Å². The van der Waals surface area contributed by atoms with E-state index in [2.05, 4.69) is 78.7 Å². The first-order valence-electron chi connectivity index (χ1n) is 12.8. The van der Waals surface area contributed by atoms with E-state index >= 15 is 0 Å². The molecule has 1 aliphatic heterocycles. The Morgan fingerprint density at radius 2 is 1.74 bits per heavy atom. The van der Waals surface area contributed by atoms with Crippen LogP contribution in [0.5, 0.6) is 0 Å². The standard InChI is InChI=1S/C27H30N8O2S2/c1-4-37-26(36)25-32-34-27(39-25)33-31-22-10-8-20(16-18(22)3)29-30-21-9-7-19(15-17(21)2)28-23-11-12-24(38-23)35-13-5-6-14-35/h7-12,15-16,28-30H,4-6,13-14H2,1-3H3/b33-31+. The van der Waals surface area contributed by atoms with Crippen molar-refractivity contribution in [2.24, 2.45) is 10.2 Å². The fourth-order valence-corrected chi connectivity index (χ4v) is 5.68. The van der Waals surface area contributed by atoms with Gasteiger partial charge in [-0.3, -0.25) is 0 Å². The van der Waals surface area contributed by atoms with Crippen molar-refractivity contribution in [3.63, 3.8) is 0 Å². The molecule has 0 atom stereocenters. The van der Waals surface area contributed by atoms with E-state index in [9.17, 15) is 4.79 Å². The molecule has 2 aromatic carbocycles. The molecule has 5 rings (SSSR count). The van der Waals surface area contributed by atoms with E-state index in [4.69, 9.17) is 4.74 Å². The molecule has 2 aromatic heterocycles. The average molecular weight is 563 g/mol. The van der Waals surface area contributed by atoms with Crippen molar-refractivity contribution >= 4 is 66.5 Å². The largest absolute Gasteiger partial charge is 0.461 e. The second-order valence-electron chi connectivity index (χ2n) is 9.05. The van der Waals surface area contributed by atoms with Crippen molar-refractivity contribution in [3.8, 4) is 0 Å². The molecule has 0 amide bonds. The Kier molecular flexibility index (Phi) is 8.33. The van der Waals surface area contributed by atoms with Crippen LogP contribution in [0.1, 0.15) is 40.7 Å². The summed E-state index contributed by atoms with van der Waals surface area (Å²) < 4.78 is 4.92. The van der Waals surface area contributed by atoms with E-state index in [0.717, 1.165) is 57.6 Å². The summed E-state index contributed by atoms with van der Waals surface area (Å²) in [5.41, 5.74) is 12.2. The lowest BCUT2D eigenvalue weighted by Crippen LogP contribution is -2.15. The van der Waals surface area contributed by atoms with Gasteiger partial charge in [0.25, 0.3) is 5.13 Å². The number of carbonyl (C=O) groups is 1. The maximum absolute atomic E-state index is 11.7. The van der Waals surface area contributed by atoms with Gasteiger partial charge in [0.1, 0.15) is 0 Å². The van der Waals surface area contributed by atoms with Gasteiger partial charge in [0.05, 0.1) is 33.7 Å². The minimum Gasteiger partial charge on any atom is -0.461 e. The highest BCUT2D eigenvalue weighted by molar-refractivity contribution is 7.20. The second kappa shape index (κ2) is 12.2. The number of aryl methyl sites for hydroxylation is 2. The van der Waals surface area contributed by atoms with Gasteiger partial charge in [-0.25, -0.2) is 4.79 Å². The quantitative estimate of drug-likeness (QED) is 0.103. The zero-order valence-corrected chi connectivity index (χ0v) is 23.7. The first-order chi connectivity index (χ1) is 19.0. The number of thiophene rings is 1. The molecule has 3 heterocycles. The fraction of sp³-hybridized carbons (Fsp3) is 0.296. The number of nitrogens with one attached hydrogen (secondary N) is 3. The SMILES string of the molecule is CCOC(=O)c1nnc(/N=N/c2ccc(NNc3ccc(Nc4ccc(N5CCCC5)s4)cc3C)cc2C)s1. The molecule has 0 radical (unpaired) electrons. The number of anilines is 5. The summed E-state index contributed by atoms with van der Waals surface area (Å²) in [5.74, 6) is -0.509. The maximum Gasteiger partial charge on any atom is 0.369 e. The zero-order chi connectivity index (χ0) is 27.2. The molecule has 1 saturated heterocycles. The van der Waals surface area contributed by atoms with Crippen molar-refractivity contribution in [1.29, 1.82) is 0 Å². The summed E-state index contributed by atoms with van der Waals surface area (Å²) in [4.78, 5) is 14.2. The lowest BCUT2D eigenvalue weighted by Gasteiger charge is -2.15. The van der Waals surface area contributed by atoms with Crippen LogP contribution in [0.2, 0.25) is 0 Å². The monoisotopic (exact) mass is 562 g/mol. The van der Waals surface area contributed by atoms with Crippen LogP contribution in [-0.2, 0) is 4.74 Å². The topological polar surface area (TPSA) is 116 Å². The number of rotatable bonds is 10. The first kappa shape index (κ1) is 26.6. The Morgan fingerprint density at radius 3 is 2.51 bits per heavy atom.